The van der Waals surface area contributed by atoms with Crippen LogP contribution in [0.5, 0.6) is 11.5 Å². The summed E-state index contributed by atoms with van der Waals surface area (Å²) in [5.74, 6) is 2.28. The first-order chi connectivity index (χ1) is 13.5. The molecule has 0 aliphatic carbocycles. The zero-order valence-electron chi connectivity index (χ0n) is 16.1. The van der Waals surface area contributed by atoms with Crippen molar-refractivity contribution < 1.29 is 18.8 Å². The summed E-state index contributed by atoms with van der Waals surface area (Å²) in [6.45, 7) is 3.60. The van der Waals surface area contributed by atoms with Crippen molar-refractivity contribution >= 4 is 11.7 Å². The highest BCUT2D eigenvalue weighted by Crippen LogP contribution is 2.29. The molecule has 2 amide bonds. The number of benzene rings is 2. The summed E-state index contributed by atoms with van der Waals surface area (Å²) in [6.07, 6.45) is 0. The number of aryl methyl sites for hydroxylation is 1. The van der Waals surface area contributed by atoms with E-state index in [0.29, 0.717) is 28.9 Å². The van der Waals surface area contributed by atoms with Gasteiger partial charge >= 0.3 is 6.03 Å². The number of methoxy groups -OCH3 is 2. The lowest BCUT2D eigenvalue weighted by atomic mass is 10.1. The summed E-state index contributed by atoms with van der Waals surface area (Å²) in [7, 11) is 3.17. The molecule has 8 nitrogen and oxygen atoms in total. The average Bonchev–Trinajstić information content (AvgIpc) is 3.13. The first-order valence-electron chi connectivity index (χ1n) is 8.70. The van der Waals surface area contributed by atoms with Crippen LogP contribution >= 0.6 is 0 Å². The molecule has 3 rings (SSSR count). The minimum absolute atomic E-state index is 0.274. The third-order valence-electron chi connectivity index (χ3n) is 4.16. The first-order valence-corrected chi connectivity index (χ1v) is 8.70. The standard InChI is InChI=1S/C20H22N4O4/c1-12(17-9-8-16(26-3)11-18(17)27-4)21-20(25)23-15-7-5-6-14(10-15)19-22-13(2)28-24-19/h5-12H,1-4H3,(H2,21,23,25). The predicted molar refractivity (Wildman–Crippen MR) is 105 cm³/mol. The van der Waals surface area contributed by atoms with Crippen molar-refractivity contribution in [3.05, 3.63) is 53.9 Å². The molecule has 146 valence electrons. The molecule has 1 aromatic heterocycles. The van der Waals surface area contributed by atoms with Gasteiger partial charge in [-0.3, -0.25) is 0 Å². The van der Waals surface area contributed by atoms with Crippen molar-refractivity contribution in [3.8, 4) is 22.9 Å². The Morgan fingerprint density at radius 1 is 1.14 bits per heavy atom. The number of nitrogens with zero attached hydrogens (tertiary/aromatic N) is 2. The fraction of sp³-hybridized carbons (Fsp3) is 0.250. The van der Waals surface area contributed by atoms with Gasteiger partial charge in [0, 0.05) is 29.8 Å². The van der Waals surface area contributed by atoms with Crippen LogP contribution in [0.2, 0.25) is 0 Å². The van der Waals surface area contributed by atoms with Gasteiger partial charge in [-0.2, -0.15) is 4.98 Å². The van der Waals surface area contributed by atoms with E-state index < -0.39 is 0 Å². The minimum atomic E-state index is -0.341. The predicted octanol–water partition coefficient (Wildman–Crippen LogP) is 3.94. The SMILES string of the molecule is COc1ccc(C(C)NC(=O)Nc2cccc(-c3noc(C)n3)c2)c(OC)c1. The normalized spacial score (nSPS) is 11.6. The lowest BCUT2D eigenvalue weighted by Crippen LogP contribution is -2.31. The third kappa shape index (κ3) is 4.40. The average molecular weight is 382 g/mol. The van der Waals surface area contributed by atoms with Crippen LogP contribution < -0.4 is 20.1 Å². The summed E-state index contributed by atoms with van der Waals surface area (Å²) in [5.41, 5.74) is 2.21. The van der Waals surface area contributed by atoms with Crippen LogP contribution in [0, 0.1) is 6.92 Å². The van der Waals surface area contributed by atoms with Crippen LogP contribution in [0.15, 0.2) is 47.0 Å². The number of rotatable bonds is 6. The molecule has 1 atom stereocenters. The highest BCUT2D eigenvalue weighted by atomic mass is 16.5. The maximum atomic E-state index is 12.4. The third-order valence-corrected chi connectivity index (χ3v) is 4.16. The Morgan fingerprint density at radius 2 is 1.96 bits per heavy atom. The van der Waals surface area contributed by atoms with Gasteiger partial charge in [-0.15, -0.1) is 0 Å². The van der Waals surface area contributed by atoms with E-state index in [4.69, 9.17) is 14.0 Å². The van der Waals surface area contributed by atoms with Crippen molar-refractivity contribution in [2.24, 2.45) is 0 Å². The Morgan fingerprint density at radius 3 is 2.64 bits per heavy atom. The Labute approximate surface area is 162 Å². The largest absolute Gasteiger partial charge is 0.497 e. The first kappa shape index (κ1) is 19.2. The molecule has 0 saturated heterocycles. The van der Waals surface area contributed by atoms with Crippen LogP contribution in [-0.4, -0.2) is 30.4 Å². The molecule has 0 radical (unpaired) electrons. The number of hydrogen-bond acceptors (Lipinski definition) is 6. The van der Waals surface area contributed by atoms with Crippen molar-refractivity contribution in [3.63, 3.8) is 0 Å². The molecule has 0 saturated carbocycles. The molecule has 0 aliphatic heterocycles. The van der Waals surface area contributed by atoms with E-state index in [1.807, 2.05) is 31.2 Å². The van der Waals surface area contributed by atoms with E-state index in [-0.39, 0.29) is 12.1 Å². The number of carbonyl (C=O) groups is 1. The van der Waals surface area contributed by atoms with E-state index in [1.165, 1.54) is 0 Å². The maximum Gasteiger partial charge on any atom is 0.319 e. The van der Waals surface area contributed by atoms with Crippen LogP contribution in [-0.2, 0) is 0 Å². The number of ether oxygens (including phenoxy) is 2. The quantitative estimate of drug-likeness (QED) is 0.670. The second-order valence-electron chi connectivity index (χ2n) is 6.15. The van der Waals surface area contributed by atoms with Crippen LogP contribution in [0.1, 0.15) is 24.4 Å². The molecule has 0 spiro atoms. The molecular formula is C20H22N4O4. The van der Waals surface area contributed by atoms with Gasteiger partial charge in [-0.05, 0) is 31.2 Å². The number of aromatic nitrogens is 2. The minimum Gasteiger partial charge on any atom is -0.497 e. The number of hydrogen-bond donors (Lipinski definition) is 2. The Hall–Kier alpha value is -3.55. The summed E-state index contributed by atoms with van der Waals surface area (Å²) in [5, 5.41) is 9.61. The second-order valence-corrected chi connectivity index (χ2v) is 6.15. The zero-order chi connectivity index (χ0) is 20.1. The molecule has 0 bridgehead atoms. The number of urea groups is 1. The molecule has 28 heavy (non-hydrogen) atoms. The fourth-order valence-corrected chi connectivity index (χ4v) is 2.77. The molecule has 3 aromatic rings. The lowest BCUT2D eigenvalue weighted by molar-refractivity contribution is 0.249. The van der Waals surface area contributed by atoms with Crippen molar-refractivity contribution in [2.75, 3.05) is 19.5 Å². The van der Waals surface area contributed by atoms with E-state index in [9.17, 15) is 4.79 Å². The van der Waals surface area contributed by atoms with E-state index >= 15 is 0 Å². The topological polar surface area (TPSA) is 98.5 Å². The molecule has 1 heterocycles. The van der Waals surface area contributed by atoms with E-state index in [2.05, 4.69) is 20.8 Å². The summed E-state index contributed by atoms with van der Waals surface area (Å²) < 4.78 is 15.6. The number of anilines is 1. The van der Waals surface area contributed by atoms with Gasteiger partial charge in [0.15, 0.2) is 0 Å². The fourth-order valence-electron chi connectivity index (χ4n) is 2.77. The summed E-state index contributed by atoms with van der Waals surface area (Å²) in [4.78, 5) is 16.6. The lowest BCUT2D eigenvalue weighted by Gasteiger charge is -2.18. The van der Waals surface area contributed by atoms with Crippen LogP contribution in [0.3, 0.4) is 0 Å². The smallest absolute Gasteiger partial charge is 0.319 e. The van der Waals surface area contributed by atoms with Crippen molar-refractivity contribution in [1.29, 1.82) is 0 Å². The molecule has 2 N–H and O–H groups in total. The van der Waals surface area contributed by atoms with Gasteiger partial charge in [0.2, 0.25) is 11.7 Å². The highest BCUT2D eigenvalue weighted by Gasteiger charge is 2.15. The summed E-state index contributed by atoms with van der Waals surface area (Å²) in [6, 6.07) is 12.1. The van der Waals surface area contributed by atoms with Gasteiger partial charge in [-0.25, -0.2) is 4.79 Å². The second kappa shape index (κ2) is 8.43. The van der Waals surface area contributed by atoms with E-state index in [1.54, 1.807) is 39.3 Å². The van der Waals surface area contributed by atoms with Crippen molar-refractivity contribution in [2.45, 2.75) is 19.9 Å². The van der Waals surface area contributed by atoms with Gasteiger partial charge in [0.25, 0.3) is 0 Å². The van der Waals surface area contributed by atoms with Crippen LogP contribution in [0.4, 0.5) is 10.5 Å². The van der Waals surface area contributed by atoms with Gasteiger partial charge in [0.1, 0.15) is 11.5 Å². The Balaban J connectivity index is 1.69. The highest BCUT2D eigenvalue weighted by molar-refractivity contribution is 5.90. The van der Waals surface area contributed by atoms with Crippen LogP contribution in [0.25, 0.3) is 11.4 Å². The number of amides is 2. The molecular weight excluding hydrogens is 360 g/mol. The number of carbonyl (C=O) groups excluding carboxylic acids is 1. The maximum absolute atomic E-state index is 12.4. The Bertz CT molecular complexity index is 970. The summed E-state index contributed by atoms with van der Waals surface area (Å²) >= 11 is 0. The molecule has 8 heteroatoms. The molecule has 0 fully saturated rings. The van der Waals surface area contributed by atoms with Crippen molar-refractivity contribution in [1.82, 2.24) is 15.5 Å². The monoisotopic (exact) mass is 382 g/mol. The van der Waals surface area contributed by atoms with E-state index in [0.717, 1.165) is 11.1 Å². The van der Waals surface area contributed by atoms with Gasteiger partial charge in [0.05, 0.1) is 20.3 Å². The molecule has 2 aromatic carbocycles. The molecule has 1 unspecified atom stereocenters. The number of nitrogens with one attached hydrogen (secondary N) is 2. The molecule has 0 aliphatic rings. The zero-order valence-corrected chi connectivity index (χ0v) is 16.1. The Kier molecular flexibility index (Phi) is 5.78. The van der Waals surface area contributed by atoms with Gasteiger partial charge < -0.3 is 24.6 Å². The van der Waals surface area contributed by atoms with Gasteiger partial charge in [-0.1, -0.05) is 17.3 Å².